The molecule has 0 spiro atoms. The first-order chi connectivity index (χ1) is 11.8. The maximum Gasteiger partial charge on any atom is 0.310 e. The summed E-state index contributed by atoms with van der Waals surface area (Å²) in [6, 6.07) is 7.55. The van der Waals surface area contributed by atoms with Crippen molar-refractivity contribution in [3.8, 4) is 0 Å². The molecule has 9 heteroatoms. The number of benzene rings is 1. The van der Waals surface area contributed by atoms with Crippen LogP contribution in [0.5, 0.6) is 0 Å². The number of esters is 1. The van der Waals surface area contributed by atoms with Crippen LogP contribution in [-0.2, 0) is 30.8 Å². The molecular weight excluding hydrogens is 364 g/mol. The lowest BCUT2D eigenvalue weighted by molar-refractivity contribution is -0.146. The van der Waals surface area contributed by atoms with Crippen molar-refractivity contribution >= 4 is 38.9 Å². The van der Waals surface area contributed by atoms with Crippen LogP contribution in [-0.4, -0.2) is 45.3 Å². The van der Waals surface area contributed by atoms with Gasteiger partial charge < -0.3 is 10.1 Å². The zero-order valence-electron chi connectivity index (χ0n) is 13.8. The van der Waals surface area contributed by atoms with E-state index in [1.54, 1.807) is 0 Å². The van der Waals surface area contributed by atoms with Crippen LogP contribution in [0.15, 0.2) is 46.0 Å². The van der Waals surface area contributed by atoms with Crippen LogP contribution >= 0.6 is 11.3 Å². The lowest BCUT2D eigenvalue weighted by Crippen LogP contribution is -2.23. The summed E-state index contributed by atoms with van der Waals surface area (Å²) in [5.41, 5.74) is 1.25. The summed E-state index contributed by atoms with van der Waals surface area (Å²) < 4.78 is 29.9. The number of anilines is 1. The second kappa shape index (κ2) is 8.24. The van der Waals surface area contributed by atoms with Crippen LogP contribution in [0.25, 0.3) is 0 Å². The van der Waals surface area contributed by atoms with Crippen molar-refractivity contribution in [2.45, 2.75) is 11.3 Å². The Morgan fingerprint density at radius 3 is 2.40 bits per heavy atom. The van der Waals surface area contributed by atoms with E-state index in [-0.39, 0.29) is 11.3 Å². The number of thiophene rings is 1. The molecule has 2 rings (SSSR count). The maximum atomic E-state index is 12.0. The monoisotopic (exact) mass is 382 g/mol. The predicted molar refractivity (Wildman–Crippen MR) is 94.9 cm³/mol. The van der Waals surface area contributed by atoms with Gasteiger partial charge in [-0.05, 0) is 46.7 Å². The number of carbonyl (C=O) groups excluding carboxylic acids is 2. The van der Waals surface area contributed by atoms with Crippen molar-refractivity contribution < 1.29 is 22.7 Å². The second-order valence-electron chi connectivity index (χ2n) is 5.33. The fraction of sp³-hybridized carbons (Fsp3) is 0.250. The fourth-order valence-electron chi connectivity index (χ4n) is 1.88. The van der Waals surface area contributed by atoms with Gasteiger partial charge in [0, 0.05) is 19.8 Å². The number of hydrogen-bond donors (Lipinski definition) is 1. The lowest BCUT2D eigenvalue weighted by atomic mass is 10.2. The predicted octanol–water partition coefficient (Wildman–Crippen LogP) is 1.72. The average Bonchev–Trinajstić information content (AvgIpc) is 3.06. The summed E-state index contributed by atoms with van der Waals surface area (Å²) >= 11 is 1.48. The molecule has 1 N–H and O–H groups in total. The third kappa shape index (κ3) is 5.38. The molecule has 0 saturated heterocycles. The van der Waals surface area contributed by atoms with Crippen molar-refractivity contribution in [1.82, 2.24) is 4.31 Å². The molecule has 0 aliphatic heterocycles. The van der Waals surface area contributed by atoms with Gasteiger partial charge in [0.25, 0.3) is 5.91 Å². The maximum absolute atomic E-state index is 12.0. The molecule has 1 heterocycles. The van der Waals surface area contributed by atoms with E-state index in [2.05, 4.69) is 5.32 Å². The van der Waals surface area contributed by atoms with Crippen molar-refractivity contribution in [3.05, 3.63) is 46.7 Å². The first-order valence-corrected chi connectivity index (χ1v) is 9.66. The Morgan fingerprint density at radius 2 is 1.84 bits per heavy atom. The number of sulfonamides is 1. The van der Waals surface area contributed by atoms with Gasteiger partial charge in [-0.25, -0.2) is 12.7 Å². The minimum atomic E-state index is -3.52. The first-order valence-electron chi connectivity index (χ1n) is 7.28. The highest BCUT2D eigenvalue weighted by molar-refractivity contribution is 7.89. The Bertz CT molecular complexity index is 828. The van der Waals surface area contributed by atoms with E-state index in [1.165, 1.54) is 49.7 Å². The summed E-state index contributed by atoms with van der Waals surface area (Å²) in [6.07, 6.45) is 0.119. The molecular formula is C16H18N2O5S2. The van der Waals surface area contributed by atoms with Gasteiger partial charge in [0.1, 0.15) is 0 Å². The Labute approximate surface area is 150 Å². The molecule has 1 aromatic carbocycles. The molecule has 0 aliphatic rings. The van der Waals surface area contributed by atoms with E-state index >= 15 is 0 Å². The summed E-state index contributed by atoms with van der Waals surface area (Å²) in [5.74, 6) is -0.983. The van der Waals surface area contributed by atoms with E-state index in [0.29, 0.717) is 5.69 Å². The molecule has 0 saturated carbocycles. The van der Waals surface area contributed by atoms with E-state index in [1.807, 2.05) is 16.8 Å². The number of rotatable bonds is 7. The molecule has 0 fully saturated rings. The largest absolute Gasteiger partial charge is 0.455 e. The third-order valence-corrected chi connectivity index (χ3v) is 5.77. The summed E-state index contributed by atoms with van der Waals surface area (Å²) in [6.45, 7) is -0.402. The van der Waals surface area contributed by atoms with Crippen LogP contribution < -0.4 is 5.32 Å². The zero-order valence-corrected chi connectivity index (χ0v) is 15.4. The Morgan fingerprint density at radius 1 is 1.16 bits per heavy atom. The number of amides is 1. The molecule has 2 aromatic rings. The molecule has 7 nitrogen and oxygen atoms in total. The quantitative estimate of drug-likeness (QED) is 0.736. The number of ether oxygens (including phenoxy) is 1. The number of nitrogens with one attached hydrogen (secondary N) is 1. The third-order valence-electron chi connectivity index (χ3n) is 3.21. The van der Waals surface area contributed by atoms with Crippen molar-refractivity contribution in [2.24, 2.45) is 0 Å². The smallest absolute Gasteiger partial charge is 0.310 e. The second-order valence-corrected chi connectivity index (χ2v) is 8.26. The van der Waals surface area contributed by atoms with Gasteiger partial charge in [0.05, 0.1) is 11.3 Å². The number of nitrogens with zero attached hydrogens (tertiary/aromatic N) is 1. The normalized spacial score (nSPS) is 11.3. The van der Waals surface area contributed by atoms with Gasteiger partial charge in [-0.2, -0.15) is 11.3 Å². The number of hydrogen-bond acceptors (Lipinski definition) is 6. The van der Waals surface area contributed by atoms with Crippen LogP contribution in [0.3, 0.4) is 0 Å². The molecule has 0 radical (unpaired) electrons. The minimum Gasteiger partial charge on any atom is -0.455 e. The Hall–Kier alpha value is -2.23. The average molecular weight is 382 g/mol. The SMILES string of the molecule is CN(C)S(=O)(=O)c1ccc(NC(=O)COC(=O)Cc2ccsc2)cc1. The molecule has 1 aromatic heterocycles. The van der Waals surface area contributed by atoms with Crippen LogP contribution in [0.1, 0.15) is 5.56 Å². The van der Waals surface area contributed by atoms with E-state index in [0.717, 1.165) is 9.87 Å². The van der Waals surface area contributed by atoms with Gasteiger partial charge in [-0.15, -0.1) is 0 Å². The van der Waals surface area contributed by atoms with Crippen LogP contribution in [0, 0.1) is 0 Å². The molecule has 25 heavy (non-hydrogen) atoms. The molecule has 134 valence electrons. The van der Waals surface area contributed by atoms with Gasteiger partial charge in [0.15, 0.2) is 6.61 Å². The Balaban J connectivity index is 1.85. The fourth-order valence-corrected chi connectivity index (χ4v) is 3.45. The highest BCUT2D eigenvalue weighted by atomic mass is 32.2. The lowest BCUT2D eigenvalue weighted by Gasteiger charge is -2.12. The molecule has 0 bridgehead atoms. The van der Waals surface area contributed by atoms with Crippen molar-refractivity contribution in [1.29, 1.82) is 0 Å². The zero-order chi connectivity index (χ0) is 18.4. The van der Waals surface area contributed by atoms with Gasteiger partial charge in [0.2, 0.25) is 10.0 Å². The van der Waals surface area contributed by atoms with Crippen molar-refractivity contribution in [2.75, 3.05) is 26.0 Å². The topological polar surface area (TPSA) is 92.8 Å². The Kier molecular flexibility index (Phi) is 6.29. The van der Waals surface area contributed by atoms with Crippen LogP contribution in [0.4, 0.5) is 5.69 Å². The van der Waals surface area contributed by atoms with Gasteiger partial charge in [-0.3, -0.25) is 9.59 Å². The number of carbonyl (C=O) groups is 2. The van der Waals surface area contributed by atoms with Crippen LogP contribution in [0.2, 0.25) is 0 Å². The molecule has 1 amide bonds. The van der Waals surface area contributed by atoms with E-state index in [9.17, 15) is 18.0 Å². The van der Waals surface area contributed by atoms with Gasteiger partial charge >= 0.3 is 5.97 Å². The highest BCUT2D eigenvalue weighted by Crippen LogP contribution is 2.16. The molecule has 0 aliphatic carbocycles. The minimum absolute atomic E-state index is 0.119. The standard InChI is InChI=1S/C16H18N2O5S2/c1-18(2)25(21,22)14-5-3-13(4-6-14)17-15(19)10-23-16(20)9-12-7-8-24-11-12/h3-8,11H,9-10H2,1-2H3,(H,17,19). The molecule has 0 atom stereocenters. The highest BCUT2D eigenvalue weighted by Gasteiger charge is 2.17. The first kappa shape index (κ1) is 19.1. The summed E-state index contributed by atoms with van der Waals surface area (Å²) in [4.78, 5) is 23.5. The van der Waals surface area contributed by atoms with E-state index in [4.69, 9.17) is 4.74 Å². The van der Waals surface area contributed by atoms with Gasteiger partial charge in [-0.1, -0.05) is 0 Å². The summed E-state index contributed by atoms with van der Waals surface area (Å²) in [5, 5.41) is 6.24. The van der Waals surface area contributed by atoms with E-state index < -0.39 is 28.5 Å². The summed E-state index contributed by atoms with van der Waals surface area (Å²) in [7, 11) is -0.637. The van der Waals surface area contributed by atoms with Crippen molar-refractivity contribution in [3.63, 3.8) is 0 Å². The molecule has 0 unspecified atom stereocenters.